The zero-order chi connectivity index (χ0) is 29.5. The van der Waals surface area contributed by atoms with Crippen molar-refractivity contribution in [3.8, 4) is 56.4 Å². The first-order valence-electron chi connectivity index (χ1n) is 14.4. The van der Waals surface area contributed by atoms with Gasteiger partial charge in [-0.05, 0) is 52.6 Å². The van der Waals surface area contributed by atoms with Crippen LogP contribution in [0.3, 0.4) is 0 Å². The average molecular weight is 602 g/mol. The maximum Gasteiger partial charge on any atom is 0.165 e. The molecule has 0 aliphatic rings. The van der Waals surface area contributed by atoms with Crippen LogP contribution >= 0.6 is 22.9 Å². The van der Waals surface area contributed by atoms with E-state index in [1.54, 1.807) is 11.3 Å². The standard InChI is InChI=1S/C39H24ClN3S/c40-31-15-9-14-29(22-31)38-41-37(28-20-18-27(19-21-28)25-10-3-1-4-11-25)42-39(43-38)34-24-30(26-12-5-2-6-13-26)23-33-32-16-7-8-17-35(32)44-36(33)34/h1-24H. The molecule has 0 unspecified atom stereocenters. The van der Waals surface area contributed by atoms with Crippen LogP contribution in [-0.4, -0.2) is 15.0 Å². The molecule has 8 aromatic rings. The molecule has 0 amide bonds. The fourth-order valence-electron chi connectivity index (χ4n) is 5.61. The van der Waals surface area contributed by atoms with Gasteiger partial charge in [-0.2, -0.15) is 0 Å². The van der Waals surface area contributed by atoms with Gasteiger partial charge in [0, 0.05) is 41.9 Å². The highest BCUT2D eigenvalue weighted by Gasteiger charge is 2.18. The quantitative estimate of drug-likeness (QED) is 0.197. The van der Waals surface area contributed by atoms with Crippen LogP contribution in [0.25, 0.3) is 76.6 Å². The average Bonchev–Trinajstić information content (AvgIpc) is 3.47. The first-order chi connectivity index (χ1) is 21.7. The smallest absolute Gasteiger partial charge is 0.165 e. The van der Waals surface area contributed by atoms with E-state index in [1.807, 2.05) is 36.4 Å². The number of rotatable bonds is 5. The highest BCUT2D eigenvalue weighted by molar-refractivity contribution is 7.26. The minimum atomic E-state index is 0.582. The number of halogens is 1. The van der Waals surface area contributed by atoms with Gasteiger partial charge in [-0.15, -0.1) is 11.3 Å². The molecule has 0 fully saturated rings. The van der Waals surface area contributed by atoms with Crippen LogP contribution in [0.1, 0.15) is 0 Å². The summed E-state index contributed by atoms with van der Waals surface area (Å²) in [6, 6.07) is 50.0. The Morgan fingerprint density at radius 1 is 0.409 bits per heavy atom. The van der Waals surface area contributed by atoms with E-state index in [0.29, 0.717) is 22.5 Å². The van der Waals surface area contributed by atoms with Crippen LogP contribution in [0.15, 0.2) is 146 Å². The van der Waals surface area contributed by atoms with Crippen LogP contribution in [0.4, 0.5) is 0 Å². The lowest BCUT2D eigenvalue weighted by molar-refractivity contribution is 1.08. The van der Waals surface area contributed by atoms with Gasteiger partial charge < -0.3 is 0 Å². The van der Waals surface area contributed by atoms with Crippen molar-refractivity contribution in [3.63, 3.8) is 0 Å². The maximum atomic E-state index is 6.43. The number of benzene rings is 6. The Morgan fingerprint density at radius 2 is 0.977 bits per heavy atom. The summed E-state index contributed by atoms with van der Waals surface area (Å²) in [5.74, 6) is 1.83. The second kappa shape index (κ2) is 11.2. The third-order valence-electron chi connectivity index (χ3n) is 7.79. The molecule has 6 aromatic carbocycles. The van der Waals surface area contributed by atoms with Gasteiger partial charge in [0.2, 0.25) is 0 Å². The summed E-state index contributed by atoms with van der Waals surface area (Å²) in [5.41, 5.74) is 7.32. The molecule has 0 bridgehead atoms. The summed E-state index contributed by atoms with van der Waals surface area (Å²) in [7, 11) is 0. The SMILES string of the molecule is Clc1cccc(-c2nc(-c3ccc(-c4ccccc4)cc3)nc(-c3cc(-c4ccccc4)cc4c3sc3ccccc34)n2)c1. The Morgan fingerprint density at radius 3 is 1.70 bits per heavy atom. The van der Waals surface area contributed by atoms with Crippen LogP contribution in [0.5, 0.6) is 0 Å². The molecule has 208 valence electrons. The van der Waals surface area contributed by atoms with Crippen molar-refractivity contribution in [1.29, 1.82) is 0 Å². The third kappa shape index (κ3) is 4.94. The van der Waals surface area contributed by atoms with E-state index >= 15 is 0 Å². The molecular weight excluding hydrogens is 578 g/mol. The van der Waals surface area contributed by atoms with Crippen molar-refractivity contribution in [2.24, 2.45) is 0 Å². The molecule has 2 heterocycles. The fourth-order valence-corrected chi connectivity index (χ4v) is 7.00. The summed E-state index contributed by atoms with van der Waals surface area (Å²) < 4.78 is 2.38. The molecule has 44 heavy (non-hydrogen) atoms. The Balaban J connectivity index is 1.37. The summed E-state index contributed by atoms with van der Waals surface area (Å²) >= 11 is 8.20. The van der Waals surface area contributed by atoms with Crippen molar-refractivity contribution < 1.29 is 0 Å². The number of hydrogen-bond donors (Lipinski definition) is 0. The Bertz CT molecular complexity index is 2280. The summed E-state index contributed by atoms with van der Waals surface area (Å²) in [5, 5.41) is 3.06. The van der Waals surface area contributed by atoms with Gasteiger partial charge in [0.15, 0.2) is 17.5 Å². The number of thiophene rings is 1. The lowest BCUT2D eigenvalue weighted by Crippen LogP contribution is -2.00. The van der Waals surface area contributed by atoms with Crippen molar-refractivity contribution >= 4 is 43.1 Å². The molecule has 0 saturated carbocycles. The molecule has 2 aromatic heterocycles. The maximum absolute atomic E-state index is 6.43. The number of aromatic nitrogens is 3. The largest absolute Gasteiger partial charge is 0.208 e. The van der Waals surface area contributed by atoms with Crippen LogP contribution in [-0.2, 0) is 0 Å². The van der Waals surface area contributed by atoms with Crippen molar-refractivity contribution in [3.05, 3.63) is 151 Å². The predicted molar refractivity (Wildman–Crippen MR) is 185 cm³/mol. The number of fused-ring (bicyclic) bond motifs is 3. The molecule has 5 heteroatoms. The molecule has 0 saturated heterocycles. The van der Waals surface area contributed by atoms with Crippen molar-refractivity contribution in [2.75, 3.05) is 0 Å². The lowest BCUT2D eigenvalue weighted by atomic mass is 9.99. The van der Waals surface area contributed by atoms with E-state index in [-0.39, 0.29) is 0 Å². The minimum Gasteiger partial charge on any atom is -0.208 e. The van der Waals surface area contributed by atoms with Crippen LogP contribution in [0.2, 0.25) is 5.02 Å². The second-order valence-corrected chi connectivity index (χ2v) is 12.1. The van der Waals surface area contributed by atoms with E-state index in [1.165, 1.54) is 21.0 Å². The first kappa shape index (κ1) is 26.5. The van der Waals surface area contributed by atoms with Gasteiger partial charge in [0.1, 0.15) is 0 Å². The molecular formula is C39H24ClN3S. The monoisotopic (exact) mass is 601 g/mol. The van der Waals surface area contributed by atoms with Crippen molar-refractivity contribution in [2.45, 2.75) is 0 Å². The Labute approximate surface area is 264 Å². The van der Waals surface area contributed by atoms with Crippen LogP contribution in [0, 0.1) is 0 Å². The fraction of sp³-hybridized carbons (Fsp3) is 0. The van der Waals surface area contributed by atoms with Gasteiger partial charge in [0.05, 0.1) is 0 Å². The second-order valence-electron chi connectivity index (χ2n) is 10.6. The summed E-state index contributed by atoms with van der Waals surface area (Å²) in [6.07, 6.45) is 0. The normalized spacial score (nSPS) is 11.3. The van der Waals surface area contributed by atoms with E-state index in [4.69, 9.17) is 26.6 Å². The van der Waals surface area contributed by atoms with Gasteiger partial charge in [-0.1, -0.05) is 127 Å². The van der Waals surface area contributed by atoms with Gasteiger partial charge in [-0.3, -0.25) is 0 Å². The van der Waals surface area contributed by atoms with E-state index in [0.717, 1.165) is 38.1 Å². The zero-order valence-corrected chi connectivity index (χ0v) is 25.1. The number of nitrogens with zero attached hydrogens (tertiary/aromatic N) is 3. The lowest BCUT2D eigenvalue weighted by Gasteiger charge is -2.11. The van der Waals surface area contributed by atoms with E-state index in [2.05, 4.69) is 109 Å². The topological polar surface area (TPSA) is 38.7 Å². The van der Waals surface area contributed by atoms with Gasteiger partial charge in [0.25, 0.3) is 0 Å². The van der Waals surface area contributed by atoms with Crippen LogP contribution < -0.4 is 0 Å². The van der Waals surface area contributed by atoms with E-state index < -0.39 is 0 Å². The molecule has 8 rings (SSSR count). The third-order valence-corrected chi connectivity index (χ3v) is 9.25. The predicted octanol–water partition coefficient (Wildman–Crippen LogP) is 11.2. The molecule has 0 N–H and O–H groups in total. The molecule has 0 spiro atoms. The number of hydrogen-bond acceptors (Lipinski definition) is 4. The highest BCUT2D eigenvalue weighted by atomic mass is 35.5. The Kier molecular flexibility index (Phi) is 6.71. The van der Waals surface area contributed by atoms with Crippen molar-refractivity contribution in [1.82, 2.24) is 15.0 Å². The summed E-state index contributed by atoms with van der Waals surface area (Å²) in [4.78, 5) is 15.2. The van der Waals surface area contributed by atoms with E-state index in [9.17, 15) is 0 Å². The molecule has 0 aliphatic heterocycles. The van der Waals surface area contributed by atoms with Gasteiger partial charge >= 0.3 is 0 Å². The van der Waals surface area contributed by atoms with Gasteiger partial charge in [-0.25, -0.2) is 15.0 Å². The first-order valence-corrected chi connectivity index (χ1v) is 15.6. The zero-order valence-electron chi connectivity index (χ0n) is 23.5. The molecule has 0 radical (unpaired) electrons. The summed E-state index contributed by atoms with van der Waals surface area (Å²) in [6.45, 7) is 0. The minimum absolute atomic E-state index is 0.582. The molecule has 0 aliphatic carbocycles. The Hall–Kier alpha value is -5.16. The molecule has 3 nitrogen and oxygen atoms in total. The molecule has 0 atom stereocenters. The highest BCUT2D eigenvalue weighted by Crippen LogP contribution is 2.42.